The lowest BCUT2D eigenvalue weighted by Crippen LogP contribution is -2.36. The van der Waals surface area contributed by atoms with Gasteiger partial charge in [0.1, 0.15) is 21.8 Å². The molecule has 3 heterocycles. The van der Waals surface area contributed by atoms with Crippen molar-refractivity contribution < 1.29 is 9.53 Å². The first-order valence-electron chi connectivity index (χ1n) is 10.0. The molecule has 0 radical (unpaired) electrons. The normalized spacial score (nSPS) is 13.4. The maximum atomic E-state index is 11.6. The summed E-state index contributed by atoms with van der Waals surface area (Å²) in [5.74, 6) is 0.672. The molecule has 3 aromatic rings. The topological polar surface area (TPSA) is 91.1 Å². The summed E-state index contributed by atoms with van der Waals surface area (Å²) < 4.78 is 5.49. The Labute approximate surface area is 194 Å². The number of nitrogens with zero attached hydrogens (tertiary/aromatic N) is 4. The number of aromatic nitrogens is 2. The minimum Gasteiger partial charge on any atom is -0.378 e. The number of thiazole rings is 1. The van der Waals surface area contributed by atoms with Gasteiger partial charge in [0.15, 0.2) is 10.9 Å². The van der Waals surface area contributed by atoms with Crippen molar-refractivity contribution in [2.24, 2.45) is 0 Å². The Morgan fingerprint density at radius 1 is 1.31 bits per heavy atom. The van der Waals surface area contributed by atoms with Crippen molar-refractivity contribution in [3.63, 3.8) is 0 Å². The number of nitriles is 1. The van der Waals surface area contributed by atoms with Crippen LogP contribution in [0.4, 0.5) is 16.6 Å². The Morgan fingerprint density at radius 3 is 2.78 bits per heavy atom. The van der Waals surface area contributed by atoms with Crippen LogP contribution in [0.15, 0.2) is 65.2 Å². The molecule has 1 fully saturated rings. The van der Waals surface area contributed by atoms with Crippen molar-refractivity contribution in [3.05, 3.63) is 65.7 Å². The summed E-state index contributed by atoms with van der Waals surface area (Å²) in [6.45, 7) is 6.53. The van der Waals surface area contributed by atoms with Crippen LogP contribution in [-0.4, -0.2) is 42.1 Å². The van der Waals surface area contributed by atoms with Crippen LogP contribution in [0, 0.1) is 11.3 Å². The van der Waals surface area contributed by atoms with E-state index in [-0.39, 0.29) is 5.78 Å². The molecular weight excluding hydrogens is 442 g/mol. The molecule has 0 bridgehead atoms. The van der Waals surface area contributed by atoms with Gasteiger partial charge in [-0.15, -0.1) is 0 Å². The number of anilines is 3. The van der Waals surface area contributed by atoms with E-state index in [4.69, 9.17) is 15.0 Å². The van der Waals surface area contributed by atoms with Gasteiger partial charge in [0.2, 0.25) is 0 Å². The first kappa shape index (κ1) is 22.0. The molecule has 1 aliphatic heterocycles. The van der Waals surface area contributed by atoms with Crippen LogP contribution in [0.25, 0.3) is 0 Å². The number of benzene rings is 1. The van der Waals surface area contributed by atoms with E-state index >= 15 is 0 Å². The number of pyridine rings is 1. The zero-order valence-corrected chi connectivity index (χ0v) is 18.9. The summed E-state index contributed by atoms with van der Waals surface area (Å²) in [6, 6.07) is 14.1. The molecule has 32 heavy (non-hydrogen) atoms. The summed E-state index contributed by atoms with van der Waals surface area (Å²) in [5, 5.41) is 13.7. The van der Waals surface area contributed by atoms with Crippen molar-refractivity contribution in [3.8, 4) is 6.07 Å². The molecule has 0 saturated carbocycles. The molecule has 1 saturated heterocycles. The van der Waals surface area contributed by atoms with Crippen molar-refractivity contribution in [2.45, 2.75) is 16.3 Å². The van der Waals surface area contributed by atoms with Gasteiger partial charge >= 0.3 is 0 Å². The van der Waals surface area contributed by atoms with Gasteiger partial charge in [-0.3, -0.25) is 4.79 Å². The first-order chi connectivity index (χ1) is 15.6. The maximum absolute atomic E-state index is 11.6. The van der Waals surface area contributed by atoms with Gasteiger partial charge in [0.25, 0.3) is 0 Å². The third kappa shape index (κ3) is 5.73. The van der Waals surface area contributed by atoms with Crippen LogP contribution in [-0.2, 0) is 16.0 Å². The highest BCUT2D eigenvalue weighted by Gasteiger charge is 2.15. The van der Waals surface area contributed by atoms with Crippen molar-refractivity contribution in [2.75, 3.05) is 36.5 Å². The Bertz CT molecular complexity index is 1150. The highest BCUT2D eigenvalue weighted by molar-refractivity contribution is 7.99. The minimum atomic E-state index is 0.00254. The monoisotopic (exact) mass is 463 g/mol. The van der Waals surface area contributed by atoms with E-state index in [2.05, 4.69) is 33.9 Å². The lowest BCUT2D eigenvalue weighted by molar-refractivity contribution is -0.114. The van der Waals surface area contributed by atoms with E-state index in [1.54, 1.807) is 18.0 Å². The van der Waals surface area contributed by atoms with Crippen LogP contribution >= 0.6 is 23.1 Å². The molecule has 0 spiro atoms. The van der Waals surface area contributed by atoms with E-state index in [0.29, 0.717) is 35.5 Å². The van der Waals surface area contributed by atoms with E-state index in [1.165, 1.54) is 17.4 Å². The van der Waals surface area contributed by atoms with Crippen LogP contribution in [0.3, 0.4) is 0 Å². The number of carbonyl (C=O) groups excluding carboxylic acids is 1. The molecule has 162 valence electrons. The average Bonchev–Trinajstić information content (AvgIpc) is 3.28. The first-order valence-corrected chi connectivity index (χ1v) is 11.7. The fourth-order valence-electron chi connectivity index (χ4n) is 3.17. The van der Waals surface area contributed by atoms with Gasteiger partial charge in [0, 0.05) is 36.2 Å². The Kier molecular flexibility index (Phi) is 7.17. The zero-order valence-electron chi connectivity index (χ0n) is 17.3. The quantitative estimate of drug-likeness (QED) is 0.490. The van der Waals surface area contributed by atoms with Crippen molar-refractivity contribution in [1.82, 2.24) is 9.97 Å². The van der Waals surface area contributed by atoms with Gasteiger partial charge in [-0.2, -0.15) is 5.26 Å². The number of hydrogen-bond acceptors (Lipinski definition) is 9. The molecule has 0 aliphatic carbocycles. The molecule has 0 amide bonds. The smallest absolute Gasteiger partial charge is 0.189 e. The number of allylic oxidation sites excluding steroid dienone is 1. The SMILES string of the molecule is C=CC(=O)Cc1ccc(Sc2cc(N3CCOCC3)cc(Nc3ncc(C#N)s3)n2)cc1. The van der Waals surface area contributed by atoms with E-state index < -0.39 is 0 Å². The summed E-state index contributed by atoms with van der Waals surface area (Å²) in [6.07, 6.45) is 3.25. The van der Waals surface area contributed by atoms with E-state index in [1.807, 2.05) is 30.3 Å². The van der Waals surface area contributed by atoms with Gasteiger partial charge < -0.3 is 15.0 Å². The van der Waals surface area contributed by atoms with Crippen LogP contribution in [0.2, 0.25) is 0 Å². The van der Waals surface area contributed by atoms with Crippen LogP contribution < -0.4 is 10.2 Å². The molecule has 1 aromatic carbocycles. The van der Waals surface area contributed by atoms with Crippen LogP contribution in [0.5, 0.6) is 0 Å². The fraction of sp³-hybridized carbons (Fsp3) is 0.217. The summed E-state index contributed by atoms with van der Waals surface area (Å²) in [7, 11) is 0. The minimum absolute atomic E-state index is 0.00254. The predicted octanol–water partition coefficient (Wildman–Crippen LogP) is 4.44. The van der Waals surface area contributed by atoms with Gasteiger partial charge in [-0.05, 0) is 29.8 Å². The molecule has 2 aromatic heterocycles. The number of carbonyl (C=O) groups is 1. The van der Waals surface area contributed by atoms with E-state index in [9.17, 15) is 4.79 Å². The molecule has 1 aliphatic rings. The summed E-state index contributed by atoms with van der Waals surface area (Å²) in [5.41, 5.74) is 2.01. The molecular formula is C23H21N5O2S2. The molecule has 4 rings (SSSR count). The molecule has 9 heteroatoms. The standard InChI is InChI=1S/C23H21N5O2S2/c1-2-18(29)11-16-3-5-19(6-4-16)31-22-13-17(28-7-9-30-10-8-28)12-21(26-22)27-23-25-15-20(14-24)32-23/h2-6,12-13,15H,1,7-11H2,(H,25,26,27). The van der Waals surface area contributed by atoms with Crippen molar-refractivity contribution in [1.29, 1.82) is 5.26 Å². The van der Waals surface area contributed by atoms with Gasteiger partial charge in [0.05, 0.1) is 19.4 Å². The lowest BCUT2D eigenvalue weighted by Gasteiger charge is -2.29. The van der Waals surface area contributed by atoms with Gasteiger partial charge in [-0.1, -0.05) is 41.8 Å². The second-order valence-electron chi connectivity index (χ2n) is 7.01. The fourth-order valence-corrected chi connectivity index (χ4v) is 4.63. The lowest BCUT2D eigenvalue weighted by atomic mass is 10.1. The Hall–Kier alpha value is -3.19. The molecule has 0 unspecified atom stereocenters. The number of morpholine rings is 1. The molecule has 1 N–H and O–H groups in total. The highest BCUT2D eigenvalue weighted by Crippen LogP contribution is 2.33. The molecule has 0 atom stereocenters. The zero-order chi connectivity index (χ0) is 22.3. The largest absolute Gasteiger partial charge is 0.378 e. The number of ether oxygens (including phenoxy) is 1. The number of ketones is 1. The summed E-state index contributed by atoms with van der Waals surface area (Å²) >= 11 is 2.84. The Balaban J connectivity index is 1.57. The second kappa shape index (κ2) is 10.4. The van der Waals surface area contributed by atoms with E-state index in [0.717, 1.165) is 34.3 Å². The molecule has 7 nitrogen and oxygen atoms in total. The third-order valence-corrected chi connectivity index (χ3v) is 6.51. The number of nitrogens with one attached hydrogen (secondary N) is 1. The highest BCUT2D eigenvalue weighted by atomic mass is 32.2. The third-order valence-electron chi connectivity index (χ3n) is 4.77. The maximum Gasteiger partial charge on any atom is 0.189 e. The van der Waals surface area contributed by atoms with Crippen LogP contribution in [0.1, 0.15) is 10.4 Å². The summed E-state index contributed by atoms with van der Waals surface area (Å²) in [4.78, 5) is 24.4. The predicted molar refractivity (Wildman–Crippen MR) is 127 cm³/mol. The number of rotatable bonds is 8. The number of hydrogen-bond donors (Lipinski definition) is 1. The second-order valence-corrected chi connectivity index (χ2v) is 9.13. The van der Waals surface area contributed by atoms with Gasteiger partial charge in [-0.25, -0.2) is 9.97 Å². The Morgan fingerprint density at radius 2 is 2.09 bits per heavy atom. The van der Waals surface area contributed by atoms with Crippen molar-refractivity contribution >= 4 is 45.5 Å². The average molecular weight is 464 g/mol.